The highest BCUT2D eigenvalue weighted by Crippen LogP contribution is 2.44. The molecule has 0 saturated carbocycles. The lowest BCUT2D eigenvalue weighted by molar-refractivity contribution is 1.25. The van der Waals surface area contributed by atoms with E-state index in [2.05, 4.69) is 132 Å². The Morgan fingerprint density at radius 2 is 0.953 bits per heavy atom. The second kappa shape index (κ2) is 10.3. The predicted molar refractivity (Wildman–Crippen MR) is 181 cm³/mol. The van der Waals surface area contributed by atoms with Gasteiger partial charge in [-0.2, -0.15) is 0 Å². The van der Waals surface area contributed by atoms with Crippen LogP contribution in [0.15, 0.2) is 152 Å². The lowest BCUT2D eigenvalue weighted by Gasteiger charge is -2.18. The van der Waals surface area contributed by atoms with E-state index in [1.807, 2.05) is 30.5 Å². The largest absolute Gasteiger partial charge is 0.255 e. The van der Waals surface area contributed by atoms with Crippen LogP contribution in [0.1, 0.15) is 5.56 Å². The number of hydrogen-bond acceptors (Lipinski definition) is 2. The summed E-state index contributed by atoms with van der Waals surface area (Å²) < 4.78 is 0. The van der Waals surface area contributed by atoms with Crippen molar-refractivity contribution in [2.45, 2.75) is 6.92 Å². The monoisotopic (exact) mass is 548 g/mol. The summed E-state index contributed by atoms with van der Waals surface area (Å²) in [6, 6.07) is 50.1. The van der Waals surface area contributed by atoms with Gasteiger partial charge in [-0.3, -0.25) is 9.97 Å². The molecule has 0 fully saturated rings. The van der Waals surface area contributed by atoms with Gasteiger partial charge in [0, 0.05) is 18.0 Å². The molecule has 0 atom stereocenters. The van der Waals surface area contributed by atoms with E-state index in [0.29, 0.717) is 0 Å². The van der Waals surface area contributed by atoms with Crippen LogP contribution in [0.5, 0.6) is 0 Å². The van der Waals surface area contributed by atoms with E-state index >= 15 is 0 Å². The first-order valence-electron chi connectivity index (χ1n) is 14.7. The molecule has 0 amide bonds. The fourth-order valence-electron chi connectivity index (χ4n) is 6.36. The summed E-state index contributed by atoms with van der Waals surface area (Å²) in [4.78, 5) is 9.11. The van der Waals surface area contributed by atoms with Gasteiger partial charge in [-0.1, -0.05) is 115 Å². The van der Waals surface area contributed by atoms with E-state index in [1.54, 1.807) is 6.20 Å². The third kappa shape index (κ3) is 4.45. The number of rotatable bonds is 4. The Kier molecular flexibility index (Phi) is 6.05. The Hall–Kier alpha value is -5.60. The van der Waals surface area contributed by atoms with Crippen molar-refractivity contribution in [1.82, 2.24) is 9.97 Å². The molecule has 0 bridgehead atoms. The second-order valence-electron chi connectivity index (χ2n) is 11.1. The molecule has 2 heterocycles. The van der Waals surface area contributed by atoms with Crippen LogP contribution in [-0.4, -0.2) is 9.97 Å². The van der Waals surface area contributed by atoms with E-state index in [0.717, 1.165) is 22.5 Å². The Balaban J connectivity index is 1.25. The Bertz CT molecular complexity index is 2230. The van der Waals surface area contributed by atoms with Crippen molar-refractivity contribution >= 4 is 32.3 Å². The highest BCUT2D eigenvalue weighted by Gasteiger charge is 2.17. The molecule has 2 heteroatoms. The lowest BCUT2D eigenvalue weighted by Crippen LogP contribution is -1.91. The maximum atomic E-state index is 4.69. The molecular weight excluding hydrogens is 520 g/mol. The molecule has 8 aromatic rings. The van der Waals surface area contributed by atoms with Gasteiger partial charge in [-0.15, -0.1) is 0 Å². The number of fused-ring (bicyclic) bond motifs is 3. The number of aryl methyl sites for hydroxylation is 1. The number of pyridine rings is 2. The van der Waals surface area contributed by atoms with Gasteiger partial charge in [0.25, 0.3) is 0 Å². The molecule has 0 aliphatic rings. The summed E-state index contributed by atoms with van der Waals surface area (Å²) in [5, 5.41) is 7.52. The maximum Gasteiger partial charge on any atom is 0.0886 e. The number of hydrogen-bond donors (Lipinski definition) is 0. The topological polar surface area (TPSA) is 25.8 Å². The van der Waals surface area contributed by atoms with Gasteiger partial charge in [0.15, 0.2) is 0 Å². The Morgan fingerprint density at radius 3 is 1.53 bits per heavy atom. The van der Waals surface area contributed by atoms with Crippen LogP contribution in [0.25, 0.3) is 77.1 Å². The van der Waals surface area contributed by atoms with E-state index in [1.165, 1.54) is 60.1 Å². The second-order valence-corrected chi connectivity index (χ2v) is 11.1. The Labute approximate surface area is 251 Å². The molecule has 0 aliphatic heterocycles. The molecule has 0 unspecified atom stereocenters. The first-order chi connectivity index (χ1) is 21.2. The highest BCUT2D eigenvalue weighted by molar-refractivity contribution is 6.21. The Morgan fingerprint density at radius 1 is 0.395 bits per heavy atom. The van der Waals surface area contributed by atoms with Crippen LogP contribution in [0.3, 0.4) is 0 Å². The third-order valence-corrected chi connectivity index (χ3v) is 8.39. The number of aromatic nitrogens is 2. The molecule has 8 rings (SSSR count). The van der Waals surface area contributed by atoms with Crippen molar-refractivity contribution in [3.05, 3.63) is 157 Å². The van der Waals surface area contributed by atoms with Crippen molar-refractivity contribution < 1.29 is 0 Å². The summed E-state index contributed by atoms with van der Waals surface area (Å²) in [5.74, 6) is 0. The highest BCUT2D eigenvalue weighted by atomic mass is 14.8. The van der Waals surface area contributed by atoms with Gasteiger partial charge >= 0.3 is 0 Å². The van der Waals surface area contributed by atoms with E-state index in [4.69, 9.17) is 0 Å². The molecular formula is C41H28N2. The van der Waals surface area contributed by atoms with Crippen LogP contribution < -0.4 is 0 Å². The quantitative estimate of drug-likeness (QED) is 0.204. The van der Waals surface area contributed by atoms with Crippen molar-refractivity contribution in [2.75, 3.05) is 0 Å². The molecule has 43 heavy (non-hydrogen) atoms. The zero-order valence-electron chi connectivity index (χ0n) is 23.8. The minimum absolute atomic E-state index is 0.877. The van der Waals surface area contributed by atoms with Crippen LogP contribution in [0.4, 0.5) is 0 Å². The summed E-state index contributed by atoms with van der Waals surface area (Å²) in [6.07, 6.45) is 3.74. The molecule has 0 spiro atoms. The molecule has 2 aromatic heterocycles. The minimum atomic E-state index is 0.877. The number of benzene rings is 6. The minimum Gasteiger partial charge on any atom is -0.255 e. The summed E-state index contributed by atoms with van der Waals surface area (Å²) >= 11 is 0. The van der Waals surface area contributed by atoms with E-state index < -0.39 is 0 Å². The van der Waals surface area contributed by atoms with Crippen LogP contribution in [0, 0.1) is 6.92 Å². The molecule has 0 aliphatic carbocycles. The van der Waals surface area contributed by atoms with Gasteiger partial charge in [0.1, 0.15) is 0 Å². The standard InChI is InChI=1S/C41H28N2/c1-27-9-8-10-31(23-27)40-34-11-2-4-13-36(34)41(37-14-5-3-12-35(37)40)32-19-18-28-24-30(17-16-29(28)25-32)33-20-21-39(43-26-33)38-15-6-7-22-42-38/h2-26H,1H3. The van der Waals surface area contributed by atoms with Crippen molar-refractivity contribution in [1.29, 1.82) is 0 Å². The predicted octanol–water partition coefficient (Wildman–Crippen LogP) is 10.9. The zero-order chi connectivity index (χ0) is 28.8. The van der Waals surface area contributed by atoms with E-state index in [-0.39, 0.29) is 0 Å². The third-order valence-electron chi connectivity index (χ3n) is 8.39. The van der Waals surface area contributed by atoms with Crippen LogP contribution >= 0.6 is 0 Å². The molecule has 0 N–H and O–H groups in total. The number of nitrogens with zero attached hydrogens (tertiary/aromatic N) is 2. The van der Waals surface area contributed by atoms with Gasteiger partial charge in [-0.05, 0) is 97.4 Å². The first-order valence-corrected chi connectivity index (χ1v) is 14.7. The maximum absolute atomic E-state index is 4.69. The van der Waals surface area contributed by atoms with Crippen molar-refractivity contribution in [3.8, 4) is 44.8 Å². The van der Waals surface area contributed by atoms with Crippen LogP contribution in [-0.2, 0) is 0 Å². The smallest absolute Gasteiger partial charge is 0.0886 e. The fraction of sp³-hybridized carbons (Fsp3) is 0.0244. The zero-order valence-corrected chi connectivity index (χ0v) is 23.8. The van der Waals surface area contributed by atoms with Crippen molar-refractivity contribution in [2.24, 2.45) is 0 Å². The average molecular weight is 549 g/mol. The molecule has 0 saturated heterocycles. The molecule has 202 valence electrons. The fourth-order valence-corrected chi connectivity index (χ4v) is 6.36. The van der Waals surface area contributed by atoms with Gasteiger partial charge in [-0.25, -0.2) is 0 Å². The van der Waals surface area contributed by atoms with E-state index in [9.17, 15) is 0 Å². The molecule has 6 aromatic carbocycles. The van der Waals surface area contributed by atoms with Gasteiger partial charge in [0.05, 0.1) is 11.4 Å². The van der Waals surface area contributed by atoms with Gasteiger partial charge in [0.2, 0.25) is 0 Å². The lowest BCUT2D eigenvalue weighted by atomic mass is 9.85. The van der Waals surface area contributed by atoms with Gasteiger partial charge < -0.3 is 0 Å². The summed E-state index contributed by atoms with van der Waals surface area (Å²) in [5.41, 5.74) is 10.3. The van der Waals surface area contributed by atoms with Crippen molar-refractivity contribution in [3.63, 3.8) is 0 Å². The summed E-state index contributed by atoms with van der Waals surface area (Å²) in [7, 11) is 0. The molecule has 2 nitrogen and oxygen atoms in total. The average Bonchev–Trinajstić information content (AvgIpc) is 3.07. The van der Waals surface area contributed by atoms with Crippen LogP contribution in [0.2, 0.25) is 0 Å². The normalized spacial score (nSPS) is 11.4. The first kappa shape index (κ1) is 25.1. The molecule has 0 radical (unpaired) electrons. The SMILES string of the molecule is Cc1cccc(-c2c3ccccc3c(-c3ccc4cc(-c5ccc(-c6ccccn6)nc5)ccc4c3)c3ccccc23)c1. The summed E-state index contributed by atoms with van der Waals surface area (Å²) in [6.45, 7) is 2.16.